The Morgan fingerprint density at radius 1 is 1.53 bits per heavy atom. The van der Waals surface area contributed by atoms with Crippen molar-refractivity contribution in [1.82, 2.24) is 4.90 Å². The number of halogens is 1. The van der Waals surface area contributed by atoms with Crippen LogP contribution in [-0.2, 0) is 4.79 Å². The quantitative estimate of drug-likeness (QED) is 0.894. The number of para-hydroxylation sites is 1. The molecule has 0 aliphatic carbocycles. The fraction of sp³-hybridized carbons (Fsp3) is 0.500. The topological polar surface area (TPSA) is 52.6 Å². The minimum Gasteiger partial charge on any atom is -0.392 e. The Bertz CT molecular complexity index is 453. The summed E-state index contributed by atoms with van der Waals surface area (Å²) in [6.07, 6.45) is 0.605. The Hall–Kier alpha value is -0.910. The molecule has 1 aromatic carbocycles. The fourth-order valence-electron chi connectivity index (χ4n) is 2.21. The Morgan fingerprint density at radius 2 is 2.26 bits per heavy atom. The fourth-order valence-corrected chi connectivity index (χ4v) is 2.60. The first-order valence-corrected chi connectivity index (χ1v) is 7.30. The summed E-state index contributed by atoms with van der Waals surface area (Å²) in [6.45, 7) is 3.81. The van der Waals surface area contributed by atoms with Crippen molar-refractivity contribution < 1.29 is 9.90 Å². The predicted molar refractivity (Wildman–Crippen MR) is 79.0 cm³/mol. The molecule has 19 heavy (non-hydrogen) atoms. The van der Waals surface area contributed by atoms with Crippen LogP contribution in [0, 0.1) is 5.92 Å². The Morgan fingerprint density at radius 3 is 2.95 bits per heavy atom. The van der Waals surface area contributed by atoms with E-state index in [-0.39, 0.29) is 12.0 Å². The maximum absolute atomic E-state index is 12.0. The summed E-state index contributed by atoms with van der Waals surface area (Å²) < 4.78 is 0.871. The van der Waals surface area contributed by atoms with Crippen LogP contribution in [0.15, 0.2) is 28.7 Å². The number of rotatable bonds is 3. The lowest BCUT2D eigenvalue weighted by Crippen LogP contribution is -2.45. The van der Waals surface area contributed by atoms with Gasteiger partial charge in [0.05, 0.1) is 18.3 Å². The van der Waals surface area contributed by atoms with E-state index in [1.807, 2.05) is 36.1 Å². The van der Waals surface area contributed by atoms with Crippen molar-refractivity contribution in [3.63, 3.8) is 0 Å². The van der Waals surface area contributed by atoms with E-state index in [1.54, 1.807) is 0 Å². The minimum atomic E-state index is -0.329. The number of piperidine rings is 1. The van der Waals surface area contributed by atoms with Gasteiger partial charge in [0.2, 0.25) is 5.91 Å². The smallest absolute Gasteiger partial charge is 0.238 e. The highest BCUT2D eigenvalue weighted by Gasteiger charge is 2.25. The molecule has 1 heterocycles. The maximum Gasteiger partial charge on any atom is 0.238 e. The van der Waals surface area contributed by atoms with E-state index < -0.39 is 0 Å². The van der Waals surface area contributed by atoms with Gasteiger partial charge >= 0.3 is 0 Å². The van der Waals surface area contributed by atoms with Crippen LogP contribution in [0.5, 0.6) is 0 Å². The van der Waals surface area contributed by atoms with Gasteiger partial charge in [0.15, 0.2) is 0 Å². The first-order chi connectivity index (χ1) is 9.06. The van der Waals surface area contributed by atoms with Crippen molar-refractivity contribution in [2.45, 2.75) is 19.4 Å². The molecule has 0 spiro atoms. The number of amides is 1. The first-order valence-electron chi connectivity index (χ1n) is 6.51. The third kappa shape index (κ3) is 4.03. The second kappa shape index (κ2) is 6.50. The van der Waals surface area contributed by atoms with Crippen molar-refractivity contribution in [1.29, 1.82) is 0 Å². The number of aliphatic hydroxyl groups is 1. The summed E-state index contributed by atoms with van der Waals surface area (Å²) in [5, 5.41) is 12.7. The van der Waals surface area contributed by atoms with Gasteiger partial charge in [-0.15, -0.1) is 0 Å². The second-order valence-corrected chi connectivity index (χ2v) is 5.95. The van der Waals surface area contributed by atoms with Gasteiger partial charge in [0.1, 0.15) is 0 Å². The number of aliphatic hydroxyl groups excluding tert-OH is 1. The average Bonchev–Trinajstić information content (AvgIpc) is 2.37. The molecular weight excluding hydrogens is 308 g/mol. The molecule has 2 unspecified atom stereocenters. The molecular formula is C14H19BrN2O2. The molecule has 0 saturated carbocycles. The van der Waals surface area contributed by atoms with Crippen LogP contribution in [0.3, 0.4) is 0 Å². The van der Waals surface area contributed by atoms with Crippen molar-refractivity contribution in [3.8, 4) is 0 Å². The van der Waals surface area contributed by atoms with Crippen LogP contribution in [-0.4, -0.2) is 41.7 Å². The van der Waals surface area contributed by atoms with Crippen LogP contribution < -0.4 is 5.32 Å². The lowest BCUT2D eigenvalue weighted by Gasteiger charge is -2.33. The third-order valence-corrected chi connectivity index (χ3v) is 4.21. The second-order valence-electron chi connectivity index (χ2n) is 5.10. The number of β-amino-alcohol motifs (C(OH)–C–C–N with tert-alkyl or cyclic N) is 1. The molecule has 1 fully saturated rings. The molecule has 104 valence electrons. The zero-order valence-electron chi connectivity index (χ0n) is 11.0. The lowest BCUT2D eigenvalue weighted by molar-refractivity contribution is -0.118. The lowest BCUT2D eigenvalue weighted by atomic mass is 9.96. The number of nitrogens with one attached hydrogen (secondary N) is 1. The molecule has 0 radical (unpaired) electrons. The van der Waals surface area contributed by atoms with E-state index in [1.165, 1.54) is 0 Å². The van der Waals surface area contributed by atoms with Crippen molar-refractivity contribution in [3.05, 3.63) is 28.7 Å². The SMILES string of the molecule is CC1CCN(CC(=O)Nc2ccccc2Br)CC1O. The van der Waals surface area contributed by atoms with E-state index in [2.05, 4.69) is 21.2 Å². The zero-order chi connectivity index (χ0) is 13.8. The normalized spacial score (nSPS) is 24.2. The highest BCUT2D eigenvalue weighted by molar-refractivity contribution is 9.10. The highest BCUT2D eigenvalue weighted by Crippen LogP contribution is 2.21. The van der Waals surface area contributed by atoms with E-state index >= 15 is 0 Å². The average molecular weight is 327 g/mol. The number of carbonyl (C=O) groups excluding carboxylic acids is 1. The molecule has 1 amide bonds. The molecule has 2 atom stereocenters. The largest absolute Gasteiger partial charge is 0.392 e. The molecule has 1 aliphatic heterocycles. The molecule has 1 saturated heterocycles. The van der Waals surface area contributed by atoms with E-state index in [4.69, 9.17) is 0 Å². The Balaban J connectivity index is 1.87. The van der Waals surface area contributed by atoms with Crippen LogP contribution in [0.2, 0.25) is 0 Å². The first kappa shape index (κ1) is 14.5. The number of benzene rings is 1. The summed E-state index contributed by atoms with van der Waals surface area (Å²) in [7, 11) is 0. The summed E-state index contributed by atoms with van der Waals surface area (Å²) in [5.74, 6) is 0.274. The summed E-state index contributed by atoms with van der Waals surface area (Å²) in [6, 6.07) is 7.53. The number of hydrogen-bond acceptors (Lipinski definition) is 3. The molecule has 2 rings (SSSR count). The highest BCUT2D eigenvalue weighted by atomic mass is 79.9. The number of nitrogens with zero attached hydrogens (tertiary/aromatic N) is 1. The van der Waals surface area contributed by atoms with Gasteiger partial charge in [-0.2, -0.15) is 0 Å². The number of carbonyl (C=O) groups is 1. The third-order valence-electron chi connectivity index (χ3n) is 3.52. The zero-order valence-corrected chi connectivity index (χ0v) is 12.6. The van der Waals surface area contributed by atoms with E-state index in [9.17, 15) is 9.90 Å². The molecule has 0 aromatic heterocycles. The Kier molecular flexibility index (Phi) is 4.96. The van der Waals surface area contributed by atoms with Gasteiger partial charge in [0.25, 0.3) is 0 Å². The Labute approximate surface area is 121 Å². The molecule has 5 heteroatoms. The molecule has 2 N–H and O–H groups in total. The van der Waals surface area contributed by atoms with Gasteiger partial charge in [-0.1, -0.05) is 19.1 Å². The predicted octanol–water partition coefficient (Wildman–Crippen LogP) is 2.09. The molecule has 1 aromatic rings. The maximum atomic E-state index is 12.0. The van der Waals surface area contributed by atoms with Gasteiger partial charge in [0, 0.05) is 11.0 Å². The van der Waals surface area contributed by atoms with Gasteiger partial charge < -0.3 is 10.4 Å². The van der Waals surface area contributed by atoms with Crippen molar-refractivity contribution in [2.24, 2.45) is 5.92 Å². The summed E-state index contributed by atoms with van der Waals surface area (Å²) in [5.41, 5.74) is 0.776. The number of anilines is 1. The molecule has 4 nitrogen and oxygen atoms in total. The van der Waals surface area contributed by atoms with E-state index in [0.717, 1.165) is 23.1 Å². The summed E-state index contributed by atoms with van der Waals surface area (Å²) >= 11 is 3.40. The van der Waals surface area contributed by atoms with Crippen molar-refractivity contribution >= 4 is 27.5 Å². The van der Waals surface area contributed by atoms with Crippen LogP contribution in [0.25, 0.3) is 0 Å². The molecule has 1 aliphatic rings. The molecule has 0 bridgehead atoms. The van der Waals surface area contributed by atoms with Gasteiger partial charge in [-0.05, 0) is 46.9 Å². The van der Waals surface area contributed by atoms with Gasteiger partial charge in [-0.25, -0.2) is 0 Å². The number of hydrogen-bond donors (Lipinski definition) is 2. The van der Waals surface area contributed by atoms with E-state index in [0.29, 0.717) is 19.0 Å². The van der Waals surface area contributed by atoms with Crippen LogP contribution >= 0.6 is 15.9 Å². The summed E-state index contributed by atoms with van der Waals surface area (Å²) in [4.78, 5) is 14.0. The van der Waals surface area contributed by atoms with Gasteiger partial charge in [-0.3, -0.25) is 9.69 Å². The number of likely N-dealkylation sites (tertiary alicyclic amines) is 1. The monoisotopic (exact) mass is 326 g/mol. The van der Waals surface area contributed by atoms with Crippen LogP contribution in [0.1, 0.15) is 13.3 Å². The standard InChI is InChI=1S/C14H19BrN2O2/c1-10-6-7-17(8-13(10)18)9-14(19)16-12-5-3-2-4-11(12)15/h2-5,10,13,18H,6-9H2,1H3,(H,16,19). The minimum absolute atomic E-state index is 0.0475. The van der Waals surface area contributed by atoms with Crippen molar-refractivity contribution in [2.75, 3.05) is 25.0 Å². The van der Waals surface area contributed by atoms with Crippen LogP contribution in [0.4, 0.5) is 5.69 Å².